The van der Waals surface area contributed by atoms with E-state index < -0.39 is 0 Å². The first-order chi connectivity index (χ1) is 21.7. The van der Waals surface area contributed by atoms with E-state index in [0.29, 0.717) is 0 Å². The molecule has 0 saturated heterocycles. The smallest absolute Gasteiger partial charge is 0 e. The molecular weight excluding hydrogens is 974 g/mol. The van der Waals surface area contributed by atoms with Gasteiger partial charge in [-0.1, -0.05) is 60.7 Å². The van der Waals surface area contributed by atoms with Crippen LogP contribution in [0.15, 0.2) is 72.3 Å². The molecule has 0 saturated carbocycles. The second kappa shape index (κ2) is 57.8. The molecule has 4 rings (SSSR count). The van der Waals surface area contributed by atoms with Crippen molar-refractivity contribution in [3.8, 4) is 0 Å². The number of hydrogen-bond donors (Lipinski definition) is 0. The molecule has 0 fully saturated rings. The summed E-state index contributed by atoms with van der Waals surface area (Å²) in [5, 5.41) is 3.26. The van der Waals surface area contributed by atoms with Gasteiger partial charge in [0.05, 0.1) is 0 Å². The van der Waals surface area contributed by atoms with Gasteiger partial charge in [-0.2, -0.15) is 0 Å². The van der Waals surface area contributed by atoms with E-state index in [2.05, 4.69) is 153 Å². The monoisotopic (exact) mass is 996 g/mol. The van der Waals surface area contributed by atoms with Crippen LogP contribution in [-0.2, 0) is 94.8 Å². The van der Waals surface area contributed by atoms with Gasteiger partial charge >= 0.3 is 113 Å². The van der Waals surface area contributed by atoms with Crippen molar-refractivity contribution < 1.29 is 88.7 Å². The molecule has 10 nitrogen and oxygen atoms in total. The average molecular weight is 996 g/mol. The zero-order valence-electron chi connectivity index (χ0n) is 24.1. The van der Waals surface area contributed by atoms with Gasteiger partial charge in [0.15, 0.2) is 0 Å². The molecule has 0 N–H and O–H groups in total. The SMILES string of the molecule is Cc1cp(CCP2C(c3ccccc3)=C2c2ccccc2)cc1C.[C-]#[O+].[C-]#[O+].[C-]#[O+].[C-]#[O+].[C-]#[O+].[C-]#[O+].[C-]#[O+].[C-]#[O+].[C-]#[O+].[C-]#[O+].[W].[W]. The molecule has 2 heterocycles. The molecule has 1 aliphatic heterocycles. The fourth-order valence-corrected chi connectivity index (χ4v) is 8.98. The summed E-state index contributed by atoms with van der Waals surface area (Å²) in [5.74, 6) is 5.02. The van der Waals surface area contributed by atoms with Crippen LogP contribution in [0.25, 0.3) is 10.6 Å². The van der Waals surface area contributed by atoms with Crippen LogP contribution in [0.3, 0.4) is 0 Å². The van der Waals surface area contributed by atoms with Gasteiger partial charge < -0.3 is 0 Å². The van der Waals surface area contributed by atoms with Gasteiger partial charge in [-0.3, -0.25) is 0 Å². The minimum Gasteiger partial charge on any atom is 0 e. The number of hydrogen-bond acceptors (Lipinski definition) is 0. The van der Waals surface area contributed by atoms with E-state index in [-0.39, 0.29) is 57.6 Å². The molecule has 1 aromatic heterocycles. The van der Waals surface area contributed by atoms with E-state index in [1.807, 2.05) is 0 Å². The van der Waals surface area contributed by atoms with Crippen molar-refractivity contribution in [3.63, 3.8) is 0 Å². The summed E-state index contributed by atoms with van der Waals surface area (Å²) in [5.41, 5.74) is 5.84. The van der Waals surface area contributed by atoms with E-state index in [1.54, 1.807) is 10.6 Å². The summed E-state index contributed by atoms with van der Waals surface area (Å²) in [6, 6.07) is 22.0. The molecule has 232 valence electrons. The summed E-state index contributed by atoms with van der Waals surface area (Å²) in [6.45, 7) is 49.5. The third kappa shape index (κ3) is 28.6. The van der Waals surface area contributed by atoms with Crippen molar-refractivity contribution in [1.82, 2.24) is 0 Å². The molecule has 2 aromatic carbocycles. The Labute approximate surface area is 300 Å². The standard InChI is InChI=1S/C22H22P2.10CO.2W/c1-17-15-23(16-18(17)2)13-14-24-21(19-9-5-3-6-10-19)22(24)20-11-7-4-8-12-20;10*1-2;;/h3-12,15-16H,13-14H2,1-2H3;;;;;;;;;;;;. The molecule has 0 atom stereocenters. The number of aryl methyl sites for hydroxylation is 3. The third-order valence-electron chi connectivity index (χ3n) is 4.73. The van der Waals surface area contributed by atoms with Gasteiger partial charge in [-0.05, 0) is 78.6 Å². The predicted octanol–water partition coefficient (Wildman–Crippen LogP) is 6.93. The van der Waals surface area contributed by atoms with Crippen molar-refractivity contribution in [1.29, 1.82) is 0 Å². The predicted molar refractivity (Wildman–Crippen MR) is 149 cm³/mol. The zero-order valence-corrected chi connectivity index (χ0v) is 31.8. The Morgan fingerprint density at radius 2 is 0.652 bits per heavy atom. The van der Waals surface area contributed by atoms with Gasteiger partial charge in [-0.25, -0.2) is 0 Å². The van der Waals surface area contributed by atoms with Gasteiger partial charge in [0.25, 0.3) is 0 Å². The van der Waals surface area contributed by atoms with Crippen molar-refractivity contribution in [2.45, 2.75) is 20.0 Å². The fourth-order valence-electron chi connectivity index (χ4n) is 3.28. The van der Waals surface area contributed by atoms with Crippen molar-refractivity contribution in [3.05, 3.63) is 161 Å². The Kier molecular flexibility index (Phi) is 82.6. The Bertz CT molecular complexity index is 1180. The van der Waals surface area contributed by atoms with Crippen LogP contribution >= 0.6 is 15.5 Å². The molecule has 0 spiro atoms. The van der Waals surface area contributed by atoms with Gasteiger partial charge in [0, 0.05) is 42.1 Å². The molecule has 14 heteroatoms. The van der Waals surface area contributed by atoms with Gasteiger partial charge in [-0.15, -0.1) is 7.53 Å². The Morgan fingerprint density at radius 1 is 0.413 bits per heavy atom. The van der Waals surface area contributed by atoms with Crippen LogP contribution < -0.4 is 0 Å². The first kappa shape index (κ1) is 65.7. The Hall–Kier alpha value is -2.83. The van der Waals surface area contributed by atoms with Gasteiger partial charge in [0.1, 0.15) is 0 Å². The molecule has 0 amide bonds. The first-order valence-corrected chi connectivity index (χ1v) is 13.7. The van der Waals surface area contributed by atoms with E-state index in [4.69, 9.17) is 46.5 Å². The minimum atomic E-state index is -0.0836. The molecule has 1 aliphatic rings. The second-order valence-corrected chi connectivity index (χ2v) is 10.6. The summed E-state index contributed by atoms with van der Waals surface area (Å²) >= 11 is 0. The Morgan fingerprint density at radius 3 is 0.891 bits per heavy atom. The molecule has 3 aromatic rings. The van der Waals surface area contributed by atoms with E-state index >= 15 is 0 Å². The van der Waals surface area contributed by atoms with Crippen LogP contribution in [0.5, 0.6) is 0 Å². The van der Waals surface area contributed by atoms with Crippen LogP contribution in [0.2, 0.25) is 0 Å². The molecule has 0 aliphatic carbocycles. The van der Waals surface area contributed by atoms with Crippen LogP contribution in [-0.4, -0.2) is 6.16 Å². The minimum absolute atomic E-state index is 0. The summed E-state index contributed by atoms with van der Waals surface area (Å²) in [4.78, 5) is 0. The second-order valence-electron chi connectivity index (χ2n) is 6.44. The molecule has 46 heavy (non-hydrogen) atoms. The van der Waals surface area contributed by atoms with Crippen molar-refractivity contribution in [2.75, 3.05) is 6.16 Å². The summed E-state index contributed by atoms with van der Waals surface area (Å²) in [7, 11) is -0.110. The number of rotatable bonds is 5. The van der Waals surface area contributed by atoms with Crippen molar-refractivity contribution >= 4 is 26.1 Å². The van der Waals surface area contributed by atoms with E-state index in [1.165, 1.54) is 34.6 Å². The summed E-state index contributed by atoms with van der Waals surface area (Å²) in [6.07, 6.45) is 2.67. The topological polar surface area (TPSA) is 199 Å². The van der Waals surface area contributed by atoms with E-state index in [9.17, 15) is 0 Å². The molecular formula is C32H22O10P2W2. The maximum absolute atomic E-state index is 7.50. The van der Waals surface area contributed by atoms with Crippen LogP contribution in [0, 0.1) is 80.4 Å². The maximum atomic E-state index is 7.50. The molecule has 0 bridgehead atoms. The van der Waals surface area contributed by atoms with Gasteiger partial charge in [0.2, 0.25) is 0 Å². The first-order valence-electron chi connectivity index (χ1n) is 10.5. The van der Waals surface area contributed by atoms with Crippen LogP contribution in [0.4, 0.5) is 0 Å². The normalized spacial score (nSPS) is 7.87. The Balaban J connectivity index is -0.0000000769. The zero-order chi connectivity index (χ0) is 36.5. The fraction of sp³-hybridized carbons (Fsp3) is 0.125. The van der Waals surface area contributed by atoms with Crippen molar-refractivity contribution in [2.24, 2.45) is 0 Å². The molecule has 0 radical (unpaired) electrons. The molecule has 0 unspecified atom stereocenters. The summed E-state index contributed by atoms with van der Waals surface area (Å²) < 4.78 is 75.0. The maximum Gasteiger partial charge on any atom is 0 e. The van der Waals surface area contributed by atoms with E-state index in [0.717, 1.165) is 0 Å². The largest absolute Gasteiger partial charge is 0 e. The quantitative estimate of drug-likeness (QED) is 0.145. The van der Waals surface area contributed by atoms with Crippen LogP contribution in [0.1, 0.15) is 22.3 Å². The number of benzene rings is 2. The average Bonchev–Trinajstić information content (AvgIpc) is 3.81. The third-order valence-corrected chi connectivity index (χ3v) is 9.75.